The zero-order valence-electron chi connectivity index (χ0n) is 9.55. The first-order valence-electron chi connectivity index (χ1n) is 5.82. The fraction of sp³-hybridized carbons (Fsp3) is 0.583. The first-order chi connectivity index (χ1) is 8.25. The van der Waals surface area contributed by atoms with Crippen LogP contribution >= 0.6 is 11.3 Å². The molecule has 0 radical (unpaired) electrons. The molecule has 4 nitrogen and oxygen atoms in total. The molecule has 1 aromatic rings. The smallest absolute Gasteiger partial charge is 0.346 e. The largest absolute Gasteiger partial charge is 0.493 e. The summed E-state index contributed by atoms with van der Waals surface area (Å²) in [5, 5.41) is 10.5. The lowest BCUT2D eigenvalue weighted by molar-refractivity contribution is 0.0702. The molecule has 94 valence electrons. The molecule has 0 bridgehead atoms. The van der Waals surface area contributed by atoms with E-state index in [2.05, 4.69) is 0 Å². The van der Waals surface area contributed by atoms with E-state index in [-0.39, 0.29) is 0 Å². The molecule has 1 saturated heterocycles. The monoisotopic (exact) mass is 256 g/mol. The molecule has 1 aliphatic heterocycles. The van der Waals surface area contributed by atoms with Crippen LogP contribution in [0.5, 0.6) is 5.75 Å². The zero-order valence-corrected chi connectivity index (χ0v) is 10.4. The summed E-state index contributed by atoms with van der Waals surface area (Å²) in [5.41, 5.74) is 0. The van der Waals surface area contributed by atoms with E-state index in [4.69, 9.17) is 14.6 Å². The number of rotatable bonds is 6. The lowest BCUT2D eigenvalue weighted by Crippen LogP contribution is -2.07. The van der Waals surface area contributed by atoms with Gasteiger partial charge < -0.3 is 14.6 Å². The molecule has 5 heteroatoms. The molecule has 2 rings (SSSR count). The van der Waals surface area contributed by atoms with E-state index in [0.29, 0.717) is 23.3 Å². The van der Waals surface area contributed by atoms with Crippen molar-refractivity contribution in [3.63, 3.8) is 0 Å². The first kappa shape index (κ1) is 12.4. The summed E-state index contributed by atoms with van der Waals surface area (Å²) in [5.74, 6) is -0.246. The van der Waals surface area contributed by atoms with E-state index in [1.165, 1.54) is 11.3 Å². The summed E-state index contributed by atoms with van der Waals surface area (Å²) in [7, 11) is 0. The van der Waals surface area contributed by atoms with Gasteiger partial charge >= 0.3 is 5.97 Å². The van der Waals surface area contributed by atoms with E-state index < -0.39 is 5.97 Å². The van der Waals surface area contributed by atoms with Gasteiger partial charge in [0.1, 0.15) is 10.6 Å². The Kier molecular flexibility index (Phi) is 4.39. The zero-order chi connectivity index (χ0) is 12.1. The van der Waals surface area contributed by atoms with Crippen molar-refractivity contribution < 1.29 is 19.4 Å². The maximum absolute atomic E-state index is 10.7. The summed E-state index contributed by atoms with van der Waals surface area (Å²) in [6.45, 7) is 1.51. The highest BCUT2D eigenvalue weighted by atomic mass is 32.1. The Morgan fingerprint density at radius 1 is 1.65 bits per heavy atom. The van der Waals surface area contributed by atoms with Crippen molar-refractivity contribution in [2.24, 2.45) is 0 Å². The maximum Gasteiger partial charge on any atom is 0.346 e. The molecule has 1 unspecified atom stereocenters. The minimum atomic E-state index is -0.899. The van der Waals surface area contributed by atoms with Gasteiger partial charge in [-0.1, -0.05) is 0 Å². The third-order valence-electron chi connectivity index (χ3n) is 2.75. The summed E-state index contributed by atoms with van der Waals surface area (Å²) < 4.78 is 11.0. The van der Waals surface area contributed by atoms with Gasteiger partial charge in [-0.3, -0.25) is 0 Å². The van der Waals surface area contributed by atoms with Gasteiger partial charge in [-0.15, -0.1) is 11.3 Å². The van der Waals surface area contributed by atoms with Gasteiger partial charge in [0.25, 0.3) is 0 Å². The number of aromatic carboxylic acids is 1. The van der Waals surface area contributed by atoms with E-state index in [1.807, 2.05) is 0 Å². The average Bonchev–Trinajstić information content (AvgIpc) is 2.96. The Labute approximate surface area is 104 Å². The maximum atomic E-state index is 10.7. The van der Waals surface area contributed by atoms with Crippen molar-refractivity contribution in [1.82, 2.24) is 0 Å². The van der Waals surface area contributed by atoms with Crippen LogP contribution in [0.15, 0.2) is 11.4 Å². The Hall–Kier alpha value is -1.07. The van der Waals surface area contributed by atoms with Gasteiger partial charge in [0.05, 0.1) is 12.7 Å². The fourth-order valence-electron chi connectivity index (χ4n) is 1.88. The number of carboxylic acids is 1. The van der Waals surface area contributed by atoms with Crippen molar-refractivity contribution in [2.45, 2.75) is 31.8 Å². The van der Waals surface area contributed by atoms with Crippen molar-refractivity contribution >= 4 is 17.3 Å². The quantitative estimate of drug-likeness (QED) is 0.795. The summed E-state index contributed by atoms with van der Waals surface area (Å²) in [6, 6.07) is 1.57. The number of carboxylic acid groups (broad SMARTS) is 1. The Balaban J connectivity index is 1.65. The second-order valence-electron chi connectivity index (χ2n) is 4.08. The normalized spacial score (nSPS) is 19.4. The fourth-order valence-corrected chi connectivity index (χ4v) is 2.54. The van der Waals surface area contributed by atoms with Crippen molar-refractivity contribution in [2.75, 3.05) is 13.2 Å². The van der Waals surface area contributed by atoms with E-state index in [0.717, 1.165) is 32.3 Å². The van der Waals surface area contributed by atoms with Crippen LogP contribution < -0.4 is 4.74 Å². The molecule has 17 heavy (non-hydrogen) atoms. The molecular formula is C12H16O4S. The minimum Gasteiger partial charge on any atom is -0.493 e. The van der Waals surface area contributed by atoms with Gasteiger partial charge in [-0.05, 0) is 25.7 Å². The molecule has 1 fully saturated rings. The van der Waals surface area contributed by atoms with Crippen LogP contribution in [0.3, 0.4) is 0 Å². The van der Waals surface area contributed by atoms with Gasteiger partial charge in [0, 0.05) is 18.1 Å². The predicted octanol–water partition coefficient (Wildman–Crippen LogP) is 2.78. The molecule has 0 spiro atoms. The highest BCUT2D eigenvalue weighted by Gasteiger charge is 2.14. The molecule has 1 N–H and O–H groups in total. The number of carbonyl (C=O) groups is 1. The molecule has 2 heterocycles. The predicted molar refractivity (Wildman–Crippen MR) is 65.0 cm³/mol. The van der Waals surface area contributed by atoms with E-state index >= 15 is 0 Å². The van der Waals surface area contributed by atoms with Crippen molar-refractivity contribution in [3.05, 3.63) is 16.3 Å². The Morgan fingerprint density at radius 2 is 2.53 bits per heavy atom. The summed E-state index contributed by atoms with van der Waals surface area (Å²) in [6.07, 6.45) is 4.69. The van der Waals surface area contributed by atoms with Crippen LogP contribution in [0.25, 0.3) is 0 Å². The van der Waals surface area contributed by atoms with Crippen molar-refractivity contribution in [3.8, 4) is 5.75 Å². The van der Waals surface area contributed by atoms with Crippen LogP contribution in [0.4, 0.5) is 0 Å². The number of hydrogen-bond donors (Lipinski definition) is 1. The molecular weight excluding hydrogens is 240 g/mol. The van der Waals surface area contributed by atoms with Gasteiger partial charge in [-0.2, -0.15) is 0 Å². The molecule has 0 amide bonds. The lowest BCUT2D eigenvalue weighted by atomic mass is 10.1. The summed E-state index contributed by atoms with van der Waals surface area (Å²) in [4.78, 5) is 11.0. The molecule has 0 aromatic carbocycles. The van der Waals surface area contributed by atoms with Crippen molar-refractivity contribution in [1.29, 1.82) is 0 Å². The molecule has 1 aromatic heterocycles. The van der Waals surface area contributed by atoms with Crippen LogP contribution in [-0.4, -0.2) is 30.4 Å². The molecule has 1 atom stereocenters. The van der Waals surface area contributed by atoms with Gasteiger partial charge in [0.15, 0.2) is 0 Å². The topological polar surface area (TPSA) is 55.8 Å². The van der Waals surface area contributed by atoms with E-state index in [9.17, 15) is 4.79 Å². The minimum absolute atomic E-state index is 0.319. The molecule has 1 aliphatic rings. The SMILES string of the molecule is O=C(O)c1cc(OCCCC2CCCO2)cs1. The van der Waals surface area contributed by atoms with Crippen LogP contribution in [0.2, 0.25) is 0 Å². The third-order valence-corrected chi connectivity index (χ3v) is 3.65. The Bertz CT molecular complexity index is 368. The molecule has 0 aliphatic carbocycles. The number of hydrogen-bond acceptors (Lipinski definition) is 4. The van der Waals surface area contributed by atoms with Gasteiger partial charge in [-0.25, -0.2) is 4.79 Å². The highest BCUT2D eigenvalue weighted by molar-refractivity contribution is 7.12. The van der Waals surface area contributed by atoms with Crippen LogP contribution in [0.1, 0.15) is 35.4 Å². The first-order valence-corrected chi connectivity index (χ1v) is 6.70. The number of thiophene rings is 1. The molecule has 0 saturated carbocycles. The second kappa shape index (κ2) is 6.02. The standard InChI is InChI=1S/C12H16O4S/c13-12(14)11-7-10(8-17-11)16-6-2-4-9-3-1-5-15-9/h7-9H,1-6H2,(H,13,14). The number of ether oxygens (including phenoxy) is 2. The van der Waals surface area contributed by atoms with Crippen LogP contribution in [0, 0.1) is 0 Å². The average molecular weight is 256 g/mol. The lowest BCUT2D eigenvalue weighted by Gasteiger charge is -2.08. The second-order valence-corrected chi connectivity index (χ2v) is 4.99. The summed E-state index contributed by atoms with van der Waals surface area (Å²) >= 11 is 1.19. The third kappa shape index (κ3) is 3.71. The Morgan fingerprint density at radius 3 is 3.18 bits per heavy atom. The van der Waals surface area contributed by atoms with E-state index in [1.54, 1.807) is 11.4 Å². The van der Waals surface area contributed by atoms with Crippen LogP contribution in [-0.2, 0) is 4.74 Å². The van der Waals surface area contributed by atoms with Gasteiger partial charge in [0.2, 0.25) is 0 Å². The highest BCUT2D eigenvalue weighted by Crippen LogP contribution is 2.22.